The maximum atomic E-state index is 12.8. The predicted octanol–water partition coefficient (Wildman–Crippen LogP) is 2.18. The zero-order valence-corrected chi connectivity index (χ0v) is 7.57. The minimum atomic E-state index is -0.181. The summed E-state index contributed by atoms with van der Waals surface area (Å²) in [5.74, 6) is -0.181. The molecule has 1 aromatic rings. The summed E-state index contributed by atoms with van der Waals surface area (Å²) in [6.45, 7) is 0.459. The molecule has 0 bridgehead atoms. The summed E-state index contributed by atoms with van der Waals surface area (Å²) in [5, 5.41) is 0.534. The van der Waals surface area contributed by atoms with Crippen molar-refractivity contribution in [1.29, 1.82) is 0 Å². The Balaban J connectivity index is 3.02. The van der Waals surface area contributed by atoms with E-state index in [4.69, 9.17) is 5.73 Å². The first-order valence-electron chi connectivity index (χ1n) is 3.31. The summed E-state index contributed by atoms with van der Waals surface area (Å²) in [4.78, 5) is 0. The molecule has 1 rings (SSSR count). The standard InChI is InChI=1S/C8H9BrFN/c9-4-7-3-6(5-11)1-2-8(7)10/h1-3H,4-5,11H2. The van der Waals surface area contributed by atoms with Crippen molar-refractivity contribution < 1.29 is 4.39 Å². The molecule has 0 radical (unpaired) electrons. The van der Waals surface area contributed by atoms with E-state index in [-0.39, 0.29) is 5.82 Å². The molecule has 3 heteroatoms. The lowest BCUT2D eigenvalue weighted by Gasteiger charge is -2.00. The van der Waals surface area contributed by atoms with Gasteiger partial charge >= 0.3 is 0 Å². The largest absolute Gasteiger partial charge is 0.326 e. The lowest BCUT2D eigenvalue weighted by molar-refractivity contribution is 0.616. The number of benzene rings is 1. The van der Waals surface area contributed by atoms with Crippen molar-refractivity contribution in [3.8, 4) is 0 Å². The molecule has 0 spiro atoms. The zero-order chi connectivity index (χ0) is 8.27. The van der Waals surface area contributed by atoms with Gasteiger partial charge in [0.1, 0.15) is 5.82 Å². The minimum Gasteiger partial charge on any atom is -0.326 e. The molecule has 11 heavy (non-hydrogen) atoms. The van der Waals surface area contributed by atoms with Crippen molar-refractivity contribution in [3.63, 3.8) is 0 Å². The van der Waals surface area contributed by atoms with Crippen molar-refractivity contribution in [2.24, 2.45) is 5.73 Å². The van der Waals surface area contributed by atoms with Gasteiger partial charge in [0, 0.05) is 11.9 Å². The van der Waals surface area contributed by atoms with Crippen LogP contribution in [0.2, 0.25) is 0 Å². The fraction of sp³-hybridized carbons (Fsp3) is 0.250. The molecule has 0 amide bonds. The summed E-state index contributed by atoms with van der Waals surface area (Å²) in [5.41, 5.74) is 7.00. The van der Waals surface area contributed by atoms with Crippen molar-refractivity contribution in [3.05, 3.63) is 35.1 Å². The Morgan fingerprint density at radius 3 is 2.73 bits per heavy atom. The lowest BCUT2D eigenvalue weighted by Crippen LogP contribution is -1.97. The summed E-state index contributed by atoms with van der Waals surface area (Å²) < 4.78 is 12.8. The SMILES string of the molecule is NCc1ccc(F)c(CBr)c1. The average molecular weight is 218 g/mol. The van der Waals surface area contributed by atoms with E-state index >= 15 is 0 Å². The van der Waals surface area contributed by atoms with Crippen LogP contribution in [0.1, 0.15) is 11.1 Å². The van der Waals surface area contributed by atoms with Crippen molar-refractivity contribution in [2.45, 2.75) is 11.9 Å². The third kappa shape index (κ3) is 2.01. The average Bonchev–Trinajstić information content (AvgIpc) is 2.05. The topological polar surface area (TPSA) is 26.0 Å². The van der Waals surface area contributed by atoms with E-state index in [0.29, 0.717) is 17.4 Å². The second-order valence-corrected chi connectivity index (χ2v) is 2.82. The van der Waals surface area contributed by atoms with Gasteiger partial charge in [-0.25, -0.2) is 4.39 Å². The number of hydrogen-bond acceptors (Lipinski definition) is 1. The maximum Gasteiger partial charge on any atom is 0.127 e. The third-order valence-electron chi connectivity index (χ3n) is 1.49. The van der Waals surface area contributed by atoms with Crippen molar-refractivity contribution >= 4 is 15.9 Å². The molecule has 0 aliphatic heterocycles. The molecular formula is C8H9BrFN. The normalized spacial score (nSPS) is 10.1. The second kappa shape index (κ2) is 3.83. The molecular weight excluding hydrogens is 209 g/mol. The third-order valence-corrected chi connectivity index (χ3v) is 2.09. The second-order valence-electron chi connectivity index (χ2n) is 2.26. The quantitative estimate of drug-likeness (QED) is 0.756. The summed E-state index contributed by atoms with van der Waals surface area (Å²) in [7, 11) is 0. The number of hydrogen-bond donors (Lipinski definition) is 1. The molecule has 0 saturated heterocycles. The Morgan fingerprint density at radius 2 is 2.18 bits per heavy atom. The van der Waals surface area contributed by atoms with Crippen molar-refractivity contribution in [1.82, 2.24) is 0 Å². The zero-order valence-electron chi connectivity index (χ0n) is 5.98. The van der Waals surface area contributed by atoms with Crippen LogP contribution in [0.25, 0.3) is 0 Å². The van der Waals surface area contributed by atoms with Gasteiger partial charge in [0.15, 0.2) is 0 Å². The molecule has 0 aliphatic carbocycles. The number of nitrogens with two attached hydrogens (primary N) is 1. The first-order chi connectivity index (χ1) is 5.27. The molecule has 0 aliphatic rings. The number of alkyl halides is 1. The molecule has 0 fully saturated rings. The van der Waals surface area contributed by atoms with Crippen LogP contribution in [0.15, 0.2) is 18.2 Å². The van der Waals surface area contributed by atoms with Gasteiger partial charge in [0.25, 0.3) is 0 Å². The van der Waals surface area contributed by atoms with Crippen LogP contribution in [0, 0.1) is 5.82 Å². The van der Waals surface area contributed by atoms with Crippen LogP contribution in [-0.4, -0.2) is 0 Å². The van der Waals surface area contributed by atoms with Crippen LogP contribution >= 0.6 is 15.9 Å². The van der Waals surface area contributed by atoms with Gasteiger partial charge in [0.2, 0.25) is 0 Å². The fourth-order valence-electron chi connectivity index (χ4n) is 0.857. The smallest absolute Gasteiger partial charge is 0.127 e. The van der Waals surface area contributed by atoms with Gasteiger partial charge < -0.3 is 5.73 Å². The van der Waals surface area contributed by atoms with Gasteiger partial charge in [-0.1, -0.05) is 28.1 Å². The van der Waals surface area contributed by atoms with E-state index in [2.05, 4.69) is 15.9 Å². The molecule has 1 aromatic carbocycles. The van der Waals surface area contributed by atoms with E-state index in [9.17, 15) is 4.39 Å². The summed E-state index contributed by atoms with van der Waals surface area (Å²) in [6, 6.07) is 4.91. The van der Waals surface area contributed by atoms with E-state index < -0.39 is 0 Å². The molecule has 0 saturated carbocycles. The van der Waals surface area contributed by atoms with Gasteiger partial charge in [-0.2, -0.15) is 0 Å². The van der Waals surface area contributed by atoms with Crippen LogP contribution < -0.4 is 5.73 Å². The Labute approximate surface area is 73.5 Å². The van der Waals surface area contributed by atoms with E-state index in [1.165, 1.54) is 6.07 Å². The Bertz CT molecular complexity index is 250. The first kappa shape index (κ1) is 8.68. The Morgan fingerprint density at radius 1 is 1.45 bits per heavy atom. The van der Waals surface area contributed by atoms with Gasteiger partial charge in [-0.05, 0) is 17.2 Å². The van der Waals surface area contributed by atoms with Crippen LogP contribution in [0.4, 0.5) is 4.39 Å². The Hall–Kier alpha value is -0.410. The molecule has 1 nitrogen and oxygen atoms in total. The summed E-state index contributed by atoms with van der Waals surface area (Å²) in [6.07, 6.45) is 0. The highest BCUT2D eigenvalue weighted by molar-refractivity contribution is 9.08. The molecule has 0 aromatic heterocycles. The van der Waals surface area contributed by atoms with Crippen LogP contribution in [0.3, 0.4) is 0 Å². The summed E-state index contributed by atoms with van der Waals surface area (Å²) >= 11 is 3.19. The van der Waals surface area contributed by atoms with Gasteiger partial charge in [0.05, 0.1) is 0 Å². The number of halogens is 2. The lowest BCUT2D eigenvalue weighted by atomic mass is 10.1. The first-order valence-corrected chi connectivity index (χ1v) is 4.43. The van der Waals surface area contributed by atoms with Gasteiger partial charge in [-0.15, -0.1) is 0 Å². The monoisotopic (exact) mass is 217 g/mol. The van der Waals surface area contributed by atoms with Crippen molar-refractivity contribution in [2.75, 3.05) is 0 Å². The fourth-order valence-corrected chi connectivity index (χ4v) is 1.29. The minimum absolute atomic E-state index is 0.181. The maximum absolute atomic E-state index is 12.8. The molecule has 60 valence electrons. The Kier molecular flexibility index (Phi) is 3.02. The van der Waals surface area contributed by atoms with E-state index in [0.717, 1.165) is 5.56 Å². The molecule has 0 heterocycles. The highest BCUT2D eigenvalue weighted by Gasteiger charge is 2.00. The van der Waals surface area contributed by atoms with Crippen LogP contribution in [-0.2, 0) is 11.9 Å². The van der Waals surface area contributed by atoms with E-state index in [1.54, 1.807) is 12.1 Å². The highest BCUT2D eigenvalue weighted by Crippen LogP contribution is 2.13. The number of rotatable bonds is 2. The molecule has 2 N–H and O–H groups in total. The van der Waals surface area contributed by atoms with Gasteiger partial charge in [-0.3, -0.25) is 0 Å². The predicted molar refractivity (Wildman–Crippen MR) is 46.9 cm³/mol. The molecule has 0 atom stereocenters. The molecule has 0 unspecified atom stereocenters. The van der Waals surface area contributed by atoms with Crippen LogP contribution in [0.5, 0.6) is 0 Å². The van der Waals surface area contributed by atoms with E-state index in [1.807, 2.05) is 0 Å². The highest BCUT2D eigenvalue weighted by atomic mass is 79.9.